The molecule has 3 rings (SSSR count). The molecule has 100 valence electrons. The van der Waals surface area contributed by atoms with E-state index in [4.69, 9.17) is 0 Å². The molecular weight excluding hydrogens is 298 g/mol. The van der Waals surface area contributed by atoms with Crippen molar-refractivity contribution < 1.29 is 0 Å². The lowest BCUT2D eigenvalue weighted by molar-refractivity contribution is 0.176. The van der Waals surface area contributed by atoms with Crippen molar-refractivity contribution in [3.05, 3.63) is 46.4 Å². The molecule has 1 atom stereocenters. The topological polar surface area (TPSA) is 3.24 Å². The van der Waals surface area contributed by atoms with E-state index in [9.17, 15) is 0 Å². The molecule has 1 saturated heterocycles. The molecular formula is C17H20BrN. The van der Waals surface area contributed by atoms with Gasteiger partial charge in [0, 0.05) is 17.6 Å². The first-order chi connectivity index (χ1) is 9.22. The van der Waals surface area contributed by atoms with Gasteiger partial charge in [-0.05, 0) is 53.8 Å². The summed E-state index contributed by atoms with van der Waals surface area (Å²) in [5.74, 6) is 0.850. The molecule has 2 aromatic carbocycles. The maximum absolute atomic E-state index is 3.62. The van der Waals surface area contributed by atoms with E-state index in [1.54, 1.807) is 0 Å². The Balaban J connectivity index is 1.81. The van der Waals surface area contributed by atoms with E-state index in [-0.39, 0.29) is 0 Å². The van der Waals surface area contributed by atoms with Crippen molar-refractivity contribution in [2.75, 3.05) is 13.1 Å². The Hall–Kier alpha value is -0.860. The van der Waals surface area contributed by atoms with Crippen molar-refractivity contribution >= 4 is 26.7 Å². The monoisotopic (exact) mass is 317 g/mol. The van der Waals surface area contributed by atoms with E-state index in [0.29, 0.717) is 0 Å². The number of hydrogen-bond acceptors (Lipinski definition) is 1. The van der Waals surface area contributed by atoms with Crippen LogP contribution in [-0.4, -0.2) is 18.0 Å². The lowest BCUT2D eigenvalue weighted by Gasteiger charge is -2.30. The maximum Gasteiger partial charge on any atom is 0.0253 e. The van der Waals surface area contributed by atoms with Gasteiger partial charge in [-0.2, -0.15) is 0 Å². The van der Waals surface area contributed by atoms with Crippen LogP contribution < -0.4 is 0 Å². The van der Waals surface area contributed by atoms with Crippen molar-refractivity contribution in [1.82, 2.24) is 4.90 Å². The summed E-state index contributed by atoms with van der Waals surface area (Å²) >= 11 is 3.62. The normalized spacial score (nSPS) is 20.8. The van der Waals surface area contributed by atoms with E-state index in [1.807, 2.05) is 0 Å². The van der Waals surface area contributed by atoms with Crippen molar-refractivity contribution in [2.24, 2.45) is 5.92 Å². The third-order valence-electron chi connectivity index (χ3n) is 4.04. The Morgan fingerprint density at radius 1 is 1.26 bits per heavy atom. The van der Waals surface area contributed by atoms with Crippen LogP contribution in [0, 0.1) is 5.92 Å². The van der Waals surface area contributed by atoms with Gasteiger partial charge in [0.2, 0.25) is 0 Å². The Kier molecular flexibility index (Phi) is 3.90. The first-order valence-corrected chi connectivity index (χ1v) is 7.91. The lowest BCUT2D eigenvalue weighted by atomic mass is 9.99. The highest BCUT2D eigenvalue weighted by Gasteiger charge is 2.16. The molecule has 0 saturated carbocycles. The van der Waals surface area contributed by atoms with Crippen LogP contribution in [-0.2, 0) is 6.54 Å². The van der Waals surface area contributed by atoms with Crippen molar-refractivity contribution in [3.63, 3.8) is 0 Å². The molecule has 19 heavy (non-hydrogen) atoms. The summed E-state index contributed by atoms with van der Waals surface area (Å²) in [5, 5.41) is 2.63. The molecule has 0 spiro atoms. The van der Waals surface area contributed by atoms with E-state index in [0.717, 1.165) is 12.5 Å². The highest BCUT2D eigenvalue weighted by Crippen LogP contribution is 2.25. The van der Waals surface area contributed by atoms with Crippen LogP contribution in [0.15, 0.2) is 40.9 Å². The fourth-order valence-electron chi connectivity index (χ4n) is 3.08. The second-order valence-corrected chi connectivity index (χ2v) is 6.63. The smallest absolute Gasteiger partial charge is 0.0253 e. The van der Waals surface area contributed by atoms with Crippen LogP contribution in [0.2, 0.25) is 0 Å². The lowest BCUT2D eigenvalue weighted by Crippen LogP contribution is -2.33. The summed E-state index contributed by atoms with van der Waals surface area (Å²) in [7, 11) is 0. The van der Waals surface area contributed by atoms with Gasteiger partial charge in [0.15, 0.2) is 0 Å². The fourth-order valence-corrected chi connectivity index (χ4v) is 3.59. The van der Waals surface area contributed by atoms with E-state index in [2.05, 4.69) is 64.2 Å². The third kappa shape index (κ3) is 3.01. The predicted molar refractivity (Wildman–Crippen MR) is 85.3 cm³/mol. The number of hydrogen-bond donors (Lipinski definition) is 0. The zero-order valence-corrected chi connectivity index (χ0v) is 13.0. The van der Waals surface area contributed by atoms with Crippen molar-refractivity contribution in [1.29, 1.82) is 0 Å². The molecule has 0 amide bonds. The zero-order chi connectivity index (χ0) is 13.2. The largest absolute Gasteiger partial charge is 0.299 e. The SMILES string of the molecule is CC1CCCN(Cc2ccc3c(Br)cccc3c2)C1. The van der Waals surface area contributed by atoms with Crippen LogP contribution in [0.1, 0.15) is 25.3 Å². The minimum Gasteiger partial charge on any atom is -0.299 e. The van der Waals surface area contributed by atoms with Gasteiger partial charge in [-0.15, -0.1) is 0 Å². The average molecular weight is 318 g/mol. The van der Waals surface area contributed by atoms with Crippen molar-refractivity contribution in [3.8, 4) is 0 Å². The molecule has 1 unspecified atom stereocenters. The van der Waals surface area contributed by atoms with Crippen LogP contribution >= 0.6 is 15.9 Å². The number of rotatable bonds is 2. The summed E-state index contributed by atoms with van der Waals surface area (Å²) in [4.78, 5) is 2.59. The summed E-state index contributed by atoms with van der Waals surface area (Å²) in [6.45, 7) is 5.95. The summed E-state index contributed by atoms with van der Waals surface area (Å²) in [6.07, 6.45) is 2.74. The Morgan fingerprint density at radius 2 is 2.16 bits per heavy atom. The maximum atomic E-state index is 3.62. The quantitative estimate of drug-likeness (QED) is 0.766. The summed E-state index contributed by atoms with van der Waals surface area (Å²) in [5.41, 5.74) is 1.43. The highest BCUT2D eigenvalue weighted by molar-refractivity contribution is 9.10. The number of fused-ring (bicyclic) bond motifs is 1. The van der Waals surface area contributed by atoms with Gasteiger partial charge in [0.25, 0.3) is 0 Å². The molecule has 1 nitrogen and oxygen atoms in total. The predicted octanol–water partition coefficient (Wildman–Crippen LogP) is 4.83. The third-order valence-corrected chi connectivity index (χ3v) is 4.73. The van der Waals surface area contributed by atoms with E-state index in [1.165, 1.54) is 46.7 Å². The molecule has 0 aromatic heterocycles. The molecule has 2 aromatic rings. The molecule has 0 bridgehead atoms. The van der Waals surface area contributed by atoms with E-state index < -0.39 is 0 Å². The molecule has 0 aliphatic carbocycles. The zero-order valence-electron chi connectivity index (χ0n) is 11.4. The minimum absolute atomic E-state index is 0.850. The molecule has 0 N–H and O–H groups in total. The second-order valence-electron chi connectivity index (χ2n) is 5.78. The Labute approximate surface area is 123 Å². The van der Waals surface area contributed by atoms with E-state index >= 15 is 0 Å². The Bertz CT molecular complexity index is 578. The molecule has 0 radical (unpaired) electrons. The van der Waals surface area contributed by atoms with Crippen LogP contribution in [0.5, 0.6) is 0 Å². The molecule has 1 fully saturated rings. The van der Waals surface area contributed by atoms with Gasteiger partial charge in [-0.3, -0.25) is 4.90 Å². The highest BCUT2D eigenvalue weighted by atomic mass is 79.9. The number of benzene rings is 2. The van der Waals surface area contributed by atoms with Crippen LogP contribution in [0.25, 0.3) is 10.8 Å². The van der Waals surface area contributed by atoms with Gasteiger partial charge in [-0.1, -0.05) is 47.1 Å². The van der Waals surface area contributed by atoms with Crippen LogP contribution in [0.4, 0.5) is 0 Å². The van der Waals surface area contributed by atoms with Gasteiger partial charge < -0.3 is 0 Å². The molecule has 1 heterocycles. The number of piperidine rings is 1. The first kappa shape index (κ1) is 13.1. The number of likely N-dealkylation sites (tertiary alicyclic amines) is 1. The van der Waals surface area contributed by atoms with Gasteiger partial charge in [0.05, 0.1) is 0 Å². The number of halogens is 1. The minimum atomic E-state index is 0.850. The van der Waals surface area contributed by atoms with Gasteiger partial charge >= 0.3 is 0 Å². The van der Waals surface area contributed by atoms with Crippen LogP contribution in [0.3, 0.4) is 0 Å². The van der Waals surface area contributed by atoms with Crippen molar-refractivity contribution in [2.45, 2.75) is 26.3 Å². The average Bonchev–Trinajstić information content (AvgIpc) is 2.39. The fraction of sp³-hybridized carbons (Fsp3) is 0.412. The second kappa shape index (κ2) is 5.64. The van der Waals surface area contributed by atoms with Gasteiger partial charge in [0.1, 0.15) is 0 Å². The Morgan fingerprint density at radius 3 is 3.00 bits per heavy atom. The first-order valence-electron chi connectivity index (χ1n) is 7.12. The molecule has 1 aliphatic heterocycles. The van der Waals surface area contributed by atoms with Gasteiger partial charge in [-0.25, -0.2) is 0 Å². The molecule has 2 heteroatoms. The summed E-state index contributed by atoms with van der Waals surface area (Å²) in [6, 6.07) is 13.3. The number of nitrogens with zero attached hydrogens (tertiary/aromatic N) is 1. The standard InChI is InChI=1S/C17H20BrN/c1-13-4-3-9-19(11-13)12-14-7-8-16-15(10-14)5-2-6-17(16)18/h2,5-8,10,13H,3-4,9,11-12H2,1H3. The molecule has 1 aliphatic rings. The summed E-state index contributed by atoms with van der Waals surface area (Å²) < 4.78 is 1.18.